The van der Waals surface area contributed by atoms with Crippen molar-refractivity contribution >= 4 is 10.8 Å². The number of ether oxygens (including phenoxy) is 2. The highest BCUT2D eigenvalue weighted by Crippen LogP contribution is 2.30. The summed E-state index contributed by atoms with van der Waals surface area (Å²) in [5.74, 6) is -0.498. The molecule has 0 heterocycles. The third-order valence-electron chi connectivity index (χ3n) is 2.39. The van der Waals surface area contributed by atoms with Crippen molar-refractivity contribution in [2.75, 3.05) is 14.2 Å². The molecule has 84 valence electrons. The summed E-state index contributed by atoms with van der Waals surface area (Å²) in [5, 5.41) is 0.357. The SMILES string of the molecule is COc1cc(F)c2cc(OC)cc(F)c2c1. The average Bonchev–Trinajstić information content (AvgIpc) is 2.29. The zero-order valence-corrected chi connectivity index (χ0v) is 8.88. The summed E-state index contributed by atoms with van der Waals surface area (Å²) < 4.78 is 37.0. The van der Waals surface area contributed by atoms with Crippen molar-refractivity contribution in [1.29, 1.82) is 0 Å². The number of fused-ring (bicyclic) bond motifs is 1. The standard InChI is InChI=1S/C12H10F2O2/c1-15-7-3-9-10(11(13)5-7)4-8(16-2)6-12(9)14/h3-6H,1-2H3. The van der Waals surface area contributed by atoms with Crippen LogP contribution in [0.2, 0.25) is 0 Å². The lowest BCUT2D eigenvalue weighted by Gasteiger charge is -2.07. The highest BCUT2D eigenvalue weighted by Gasteiger charge is 2.10. The van der Waals surface area contributed by atoms with E-state index in [-0.39, 0.29) is 22.3 Å². The minimum absolute atomic E-state index is 0.178. The molecule has 2 nitrogen and oxygen atoms in total. The van der Waals surface area contributed by atoms with E-state index in [9.17, 15) is 8.78 Å². The first kappa shape index (κ1) is 10.7. The molecule has 2 aromatic carbocycles. The van der Waals surface area contributed by atoms with Crippen LogP contribution >= 0.6 is 0 Å². The number of rotatable bonds is 2. The fraction of sp³-hybridized carbons (Fsp3) is 0.167. The van der Waals surface area contributed by atoms with Gasteiger partial charge in [-0.05, 0) is 12.1 Å². The molecule has 0 aliphatic heterocycles. The lowest BCUT2D eigenvalue weighted by Crippen LogP contribution is -1.91. The lowest BCUT2D eigenvalue weighted by atomic mass is 10.1. The molecule has 0 aliphatic rings. The van der Waals surface area contributed by atoms with Crippen LogP contribution in [0.3, 0.4) is 0 Å². The van der Waals surface area contributed by atoms with Crippen molar-refractivity contribution in [2.45, 2.75) is 0 Å². The van der Waals surface area contributed by atoms with Gasteiger partial charge in [0.25, 0.3) is 0 Å². The number of hydrogen-bond acceptors (Lipinski definition) is 2. The molecule has 0 amide bonds. The van der Waals surface area contributed by atoms with Crippen LogP contribution in [0.4, 0.5) is 8.78 Å². The monoisotopic (exact) mass is 224 g/mol. The van der Waals surface area contributed by atoms with Gasteiger partial charge in [0.05, 0.1) is 14.2 Å². The van der Waals surface area contributed by atoms with Gasteiger partial charge in [0, 0.05) is 22.9 Å². The first-order valence-corrected chi connectivity index (χ1v) is 4.66. The number of benzene rings is 2. The average molecular weight is 224 g/mol. The molecule has 0 fully saturated rings. The highest BCUT2D eigenvalue weighted by molar-refractivity contribution is 5.86. The van der Waals surface area contributed by atoms with E-state index in [1.54, 1.807) is 0 Å². The zero-order chi connectivity index (χ0) is 11.7. The summed E-state index contributed by atoms with van der Waals surface area (Å²) in [6.07, 6.45) is 0. The summed E-state index contributed by atoms with van der Waals surface area (Å²) in [5.41, 5.74) is 0. The van der Waals surface area contributed by atoms with Crippen LogP contribution in [-0.2, 0) is 0 Å². The smallest absolute Gasteiger partial charge is 0.134 e. The Kier molecular flexibility index (Phi) is 2.64. The fourth-order valence-corrected chi connectivity index (χ4v) is 1.56. The van der Waals surface area contributed by atoms with Gasteiger partial charge in [-0.15, -0.1) is 0 Å². The number of hydrogen-bond donors (Lipinski definition) is 0. The molecule has 0 atom stereocenters. The van der Waals surface area contributed by atoms with Crippen molar-refractivity contribution in [3.63, 3.8) is 0 Å². The third-order valence-corrected chi connectivity index (χ3v) is 2.39. The molecule has 16 heavy (non-hydrogen) atoms. The second kappa shape index (κ2) is 3.96. The lowest BCUT2D eigenvalue weighted by molar-refractivity contribution is 0.409. The molecule has 0 radical (unpaired) electrons. The van der Waals surface area contributed by atoms with Gasteiger partial charge in [0.1, 0.15) is 23.1 Å². The van der Waals surface area contributed by atoms with Crippen LogP contribution in [0.25, 0.3) is 10.8 Å². The van der Waals surface area contributed by atoms with Crippen LogP contribution < -0.4 is 9.47 Å². The van der Waals surface area contributed by atoms with Crippen LogP contribution in [0.5, 0.6) is 11.5 Å². The Labute approximate surface area is 91.4 Å². The van der Waals surface area contributed by atoms with Crippen molar-refractivity contribution < 1.29 is 18.3 Å². The maximum absolute atomic E-state index is 13.6. The Bertz CT molecular complexity index is 489. The summed E-state index contributed by atoms with van der Waals surface area (Å²) in [4.78, 5) is 0. The Morgan fingerprint density at radius 3 is 1.44 bits per heavy atom. The van der Waals surface area contributed by atoms with Gasteiger partial charge >= 0.3 is 0 Å². The molecular formula is C12H10F2O2. The van der Waals surface area contributed by atoms with E-state index < -0.39 is 11.6 Å². The Morgan fingerprint density at radius 1 is 0.750 bits per heavy atom. The van der Waals surface area contributed by atoms with Crippen molar-refractivity contribution in [1.82, 2.24) is 0 Å². The van der Waals surface area contributed by atoms with Crippen molar-refractivity contribution in [3.8, 4) is 11.5 Å². The van der Waals surface area contributed by atoms with Gasteiger partial charge in [-0.2, -0.15) is 0 Å². The van der Waals surface area contributed by atoms with Gasteiger partial charge < -0.3 is 9.47 Å². The van der Waals surface area contributed by atoms with E-state index >= 15 is 0 Å². The topological polar surface area (TPSA) is 18.5 Å². The first-order valence-electron chi connectivity index (χ1n) is 4.66. The summed E-state index contributed by atoms with van der Waals surface area (Å²) in [6, 6.07) is 5.32. The van der Waals surface area contributed by atoms with Crippen LogP contribution in [0.15, 0.2) is 24.3 Å². The summed E-state index contributed by atoms with van der Waals surface area (Å²) in [6.45, 7) is 0. The number of methoxy groups -OCH3 is 2. The molecule has 4 heteroatoms. The van der Waals surface area contributed by atoms with Gasteiger partial charge in [-0.3, -0.25) is 0 Å². The van der Waals surface area contributed by atoms with E-state index in [0.29, 0.717) is 0 Å². The third kappa shape index (κ3) is 1.66. The Balaban J connectivity index is 2.78. The molecule has 2 aromatic rings. The van der Waals surface area contributed by atoms with Crippen LogP contribution in [-0.4, -0.2) is 14.2 Å². The molecule has 0 spiro atoms. The second-order valence-electron chi connectivity index (χ2n) is 3.31. The predicted molar refractivity (Wildman–Crippen MR) is 57.0 cm³/mol. The highest BCUT2D eigenvalue weighted by atomic mass is 19.1. The van der Waals surface area contributed by atoms with E-state index in [1.165, 1.54) is 38.5 Å². The Hall–Kier alpha value is -1.84. The number of halogens is 2. The molecule has 0 N–H and O–H groups in total. The van der Waals surface area contributed by atoms with Gasteiger partial charge in [-0.1, -0.05) is 0 Å². The van der Waals surface area contributed by atoms with E-state index in [1.807, 2.05) is 0 Å². The normalized spacial score (nSPS) is 10.5. The Morgan fingerprint density at radius 2 is 1.12 bits per heavy atom. The zero-order valence-electron chi connectivity index (χ0n) is 8.88. The van der Waals surface area contributed by atoms with Crippen LogP contribution in [0, 0.1) is 11.6 Å². The fourth-order valence-electron chi connectivity index (χ4n) is 1.56. The van der Waals surface area contributed by atoms with Gasteiger partial charge in [-0.25, -0.2) is 8.78 Å². The molecule has 0 aromatic heterocycles. The molecule has 0 aliphatic carbocycles. The van der Waals surface area contributed by atoms with E-state index in [4.69, 9.17) is 9.47 Å². The minimum Gasteiger partial charge on any atom is -0.497 e. The molecule has 0 saturated carbocycles. The maximum Gasteiger partial charge on any atom is 0.134 e. The molecular weight excluding hydrogens is 214 g/mol. The van der Waals surface area contributed by atoms with Crippen molar-refractivity contribution in [2.24, 2.45) is 0 Å². The predicted octanol–water partition coefficient (Wildman–Crippen LogP) is 3.14. The van der Waals surface area contributed by atoms with Gasteiger partial charge in [0.15, 0.2) is 0 Å². The second-order valence-corrected chi connectivity index (χ2v) is 3.31. The molecule has 2 rings (SSSR count). The van der Waals surface area contributed by atoms with Crippen molar-refractivity contribution in [3.05, 3.63) is 35.9 Å². The summed E-state index contributed by atoms with van der Waals surface area (Å²) in [7, 11) is 2.81. The summed E-state index contributed by atoms with van der Waals surface area (Å²) >= 11 is 0. The van der Waals surface area contributed by atoms with Gasteiger partial charge in [0.2, 0.25) is 0 Å². The quantitative estimate of drug-likeness (QED) is 0.780. The van der Waals surface area contributed by atoms with E-state index in [0.717, 1.165) is 0 Å². The molecule has 0 saturated heterocycles. The molecule has 0 unspecified atom stereocenters. The van der Waals surface area contributed by atoms with E-state index in [2.05, 4.69) is 0 Å². The largest absolute Gasteiger partial charge is 0.497 e. The minimum atomic E-state index is -0.535. The molecule has 0 bridgehead atoms. The maximum atomic E-state index is 13.6. The first-order chi connectivity index (χ1) is 7.65. The van der Waals surface area contributed by atoms with Crippen LogP contribution in [0.1, 0.15) is 0 Å².